The molecule has 18 heavy (non-hydrogen) atoms. The van der Waals surface area contributed by atoms with Crippen molar-refractivity contribution < 1.29 is 19.8 Å². The smallest absolute Gasteiger partial charge is 0.328 e. The maximum Gasteiger partial charge on any atom is 0.328 e. The molecule has 0 bridgehead atoms. The van der Waals surface area contributed by atoms with Gasteiger partial charge in [-0.05, 0) is 6.92 Å². The van der Waals surface area contributed by atoms with Crippen LogP contribution in [0.2, 0.25) is 19.1 Å². The molecule has 0 radical (unpaired) electrons. The SMILES string of the molecule is CCCC[Si](C)(C)C1(C(=O)O)NC(C(C)O)C1=O. The van der Waals surface area contributed by atoms with E-state index < -0.39 is 31.4 Å². The molecule has 104 valence electrons. The van der Waals surface area contributed by atoms with Crippen LogP contribution in [0.25, 0.3) is 0 Å². The van der Waals surface area contributed by atoms with Crippen molar-refractivity contribution in [1.82, 2.24) is 5.32 Å². The fraction of sp³-hybridized carbons (Fsp3) is 0.833. The molecule has 1 fully saturated rings. The summed E-state index contributed by atoms with van der Waals surface area (Å²) in [7, 11) is -2.28. The van der Waals surface area contributed by atoms with Gasteiger partial charge in [-0.3, -0.25) is 14.9 Å². The zero-order valence-electron chi connectivity index (χ0n) is 11.5. The molecule has 0 aliphatic carbocycles. The minimum absolute atomic E-state index is 0.349. The lowest BCUT2D eigenvalue weighted by atomic mass is 9.90. The van der Waals surface area contributed by atoms with Crippen LogP contribution in [0.4, 0.5) is 0 Å². The summed E-state index contributed by atoms with van der Waals surface area (Å²) in [4.78, 5) is 23.8. The maximum absolute atomic E-state index is 12.2. The number of aliphatic hydroxyl groups excluding tert-OH is 1. The molecule has 3 unspecified atom stereocenters. The van der Waals surface area contributed by atoms with Gasteiger partial charge >= 0.3 is 5.97 Å². The standard InChI is InChI=1S/C12H23NO4Si/c1-5-6-7-18(3,4)12(11(16)17)10(15)9(13-12)8(2)14/h8-9,13-14H,5-7H2,1-4H3,(H,16,17). The molecule has 1 aliphatic rings. The van der Waals surface area contributed by atoms with Crippen LogP contribution in [0, 0.1) is 0 Å². The Labute approximate surface area is 109 Å². The quantitative estimate of drug-likeness (QED) is 0.492. The number of carboxylic acids is 1. The molecule has 1 aliphatic heterocycles. The number of hydrogen-bond acceptors (Lipinski definition) is 4. The first-order valence-electron chi connectivity index (χ1n) is 6.44. The van der Waals surface area contributed by atoms with Crippen molar-refractivity contribution in [3.05, 3.63) is 0 Å². The van der Waals surface area contributed by atoms with E-state index in [1.165, 1.54) is 6.92 Å². The number of unbranched alkanes of at least 4 members (excludes halogenated alkanes) is 1. The molecule has 0 amide bonds. The van der Waals surface area contributed by atoms with Crippen LogP contribution < -0.4 is 5.32 Å². The van der Waals surface area contributed by atoms with E-state index in [1.54, 1.807) is 0 Å². The van der Waals surface area contributed by atoms with Crippen LogP contribution in [0.15, 0.2) is 0 Å². The van der Waals surface area contributed by atoms with E-state index in [9.17, 15) is 19.8 Å². The fourth-order valence-corrected chi connectivity index (χ4v) is 6.22. The van der Waals surface area contributed by atoms with Gasteiger partial charge in [-0.15, -0.1) is 0 Å². The number of rotatable bonds is 6. The van der Waals surface area contributed by atoms with E-state index in [2.05, 4.69) is 5.32 Å². The van der Waals surface area contributed by atoms with E-state index in [0.29, 0.717) is 0 Å². The number of ketones is 1. The van der Waals surface area contributed by atoms with Crippen molar-refractivity contribution >= 4 is 19.8 Å². The normalized spacial score (nSPS) is 29.8. The number of Topliss-reactive ketones (excluding diaryl/α,β-unsaturated/α-hetero) is 1. The molecule has 3 N–H and O–H groups in total. The highest BCUT2D eigenvalue weighted by atomic mass is 28.3. The second-order valence-corrected chi connectivity index (χ2v) is 10.8. The summed E-state index contributed by atoms with van der Waals surface area (Å²) in [5.41, 5.74) is 0. The van der Waals surface area contributed by atoms with Gasteiger partial charge in [-0.25, -0.2) is 0 Å². The van der Waals surface area contributed by atoms with Crippen LogP contribution in [-0.2, 0) is 9.59 Å². The molecule has 1 rings (SSSR count). The highest BCUT2D eigenvalue weighted by Crippen LogP contribution is 2.36. The van der Waals surface area contributed by atoms with E-state index in [-0.39, 0.29) is 5.78 Å². The molecule has 0 aromatic carbocycles. The molecule has 0 aromatic heterocycles. The van der Waals surface area contributed by atoms with Crippen molar-refractivity contribution in [2.24, 2.45) is 0 Å². The molecule has 1 saturated heterocycles. The summed E-state index contributed by atoms with van der Waals surface area (Å²) in [6.45, 7) is 7.41. The Morgan fingerprint density at radius 1 is 1.56 bits per heavy atom. The third kappa shape index (κ3) is 2.13. The second kappa shape index (κ2) is 5.11. The van der Waals surface area contributed by atoms with E-state index in [4.69, 9.17) is 0 Å². The average Bonchev–Trinajstić information content (AvgIpc) is 2.23. The number of aliphatic carboxylic acids is 1. The first kappa shape index (κ1) is 15.3. The maximum atomic E-state index is 12.2. The zero-order valence-corrected chi connectivity index (χ0v) is 12.5. The van der Waals surface area contributed by atoms with Crippen LogP contribution in [0.3, 0.4) is 0 Å². The fourth-order valence-electron chi connectivity index (χ4n) is 2.66. The lowest BCUT2D eigenvalue weighted by Gasteiger charge is -2.52. The first-order valence-corrected chi connectivity index (χ1v) is 9.65. The Bertz CT molecular complexity index is 356. The van der Waals surface area contributed by atoms with Crippen LogP contribution >= 0.6 is 0 Å². The summed E-state index contributed by atoms with van der Waals surface area (Å²) in [5, 5.41) is 20.3. The second-order valence-electron chi connectivity index (χ2n) is 5.77. The third-order valence-electron chi connectivity index (χ3n) is 4.00. The number of carbonyl (C=O) groups is 2. The summed E-state index contributed by atoms with van der Waals surface area (Å²) in [6.07, 6.45) is 1.07. The lowest BCUT2D eigenvalue weighted by Crippen LogP contribution is -2.87. The molecular formula is C12H23NO4Si. The molecule has 5 nitrogen and oxygen atoms in total. The first-order chi connectivity index (χ1) is 8.20. The minimum atomic E-state index is -2.28. The molecule has 1 heterocycles. The molecule has 0 aromatic rings. The van der Waals surface area contributed by atoms with Gasteiger partial charge < -0.3 is 10.2 Å². The third-order valence-corrected chi connectivity index (χ3v) is 8.24. The summed E-state index contributed by atoms with van der Waals surface area (Å²) < 4.78 is 0. The predicted octanol–water partition coefficient (Wildman–Crippen LogP) is 0.779. The number of hydrogen-bond donors (Lipinski definition) is 3. The Morgan fingerprint density at radius 3 is 2.44 bits per heavy atom. The molecule has 3 atom stereocenters. The Hall–Kier alpha value is -0.723. The Balaban J connectivity index is 2.99. The molecule has 6 heteroatoms. The summed E-state index contributed by atoms with van der Waals surface area (Å²) >= 11 is 0. The van der Waals surface area contributed by atoms with E-state index >= 15 is 0 Å². The summed E-state index contributed by atoms with van der Waals surface area (Å²) in [5.74, 6) is -1.44. The highest BCUT2D eigenvalue weighted by Gasteiger charge is 2.67. The predicted molar refractivity (Wildman–Crippen MR) is 71.2 cm³/mol. The van der Waals surface area contributed by atoms with Gasteiger partial charge in [0.25, 0.3) is 0 Å². The van der Waals surface area contributed by atoms with Crippen LogP contribution in [0.1, 0.15) is 26.7 Å². The van der Waals surface area contributed by atoms with Crippen molar-refractivity contribution in [2.75, 3.05) is 0 Å². The van der Waals surface area contributed by atoms with Crippen molar-refractivity contribution in [2.45, 2.75) is 63.1 Å². The van der Waals surface area contributed by atoms with Gasteiger partial charge in [-0.1, -0.05) is 38.9 Å². The molecule has 0 saturated carbocycles. The number of nitrogens with one attached hydrogen (secondary N) is 1. The average molecular weight is 273 g/mol. The van der Waals surface area contributed by atoms with Gasteiger partial charge in [0, 0.05) is 0 Å². The van der Waals surface area contributed by atoms with Gasteiger partial charge in [0.05, 0.1) is 20.2 Å². The highest BCUT2D eigenvalue weighted by molar-refractivity contribution is 6.88. The van der Waals surface area contributed by atoms with Crippen LogP contribution in [-0.4, -0.2) is 47.3 Å². The number of carbonyl (C=O) groups excluding carboxylic acids is 1. The monoisotopic (exact) mass is 273 g/mol. The minimum Gasteiger partial charge on any atom is -0.480 e. The number of aliphatic hydroxyl groups is 1. The van der Waals surface area contributed by atoms with Gasteiger partial charge in [0.1, 0.15) is 0 Å². The number of carboxylic acid groups (broad SMARTS) is 1. The molecular weight excluding hydrogens is 250 g/mol. The van der Waals surface area contributed by atoms with Gasteiger partial charge in [0.2, 0.25) is 0 Å². The lowest BCUT2D eigenvalue weighted by molar-refractivity contribution is -0.155. The molecule has 0 spiro atoms. The van der Waals surface area contributed by atoms with Crippen molar-refractivity contribution in [1.29, 1.82) is 0 Å². The Morgan fingerprint density at radius 2 is 2.11 bits per heavy atom. The largest absolute Gasteiger partial charge is 0.480 e. The van der Waals surface area contributed by atoms with Crippen molar-refractivity contribution in [3.8, 4) is 0 Å². The van der Waals surface area contributed by atoms with E-state index in [0.717, 1.165) is 18.9 Å². The van der Waals surface area contributed by atoms with Gasteiger partial charge in [0.15, 0.2) is 10.9 Å². The van der Waals surface area contributed by atoms with Gasteiger partial charge in [-0.2, -0.15) is 0 Å². The summed E-state index contributed by atoms with van der Waals surface area (Å²) in [6, 6.07) is 0.0654. The van der Waals surface area contributed by atoms with Crippen molar-refractivity contribution in [3.63, 3.8) is 0 Å². The zero-order chi connectivity index (χ0) is 14.1. The Kier molecular flexibility index (Phi) is 4.35. The topological polar surface area (TPSA) is 86.6 Å². The van der Waals surface area contributed by atoms with E-state index in [1.807, 2.05) is 20.0 Å². The van der Waals surface area contributed by atoms with Crippen LogP contribution in [0.5, 0.6) is 0 Å².